The van der Waals surface area contributed by atoms with E-state index in [-0.39, 0.29) is 11.3 Å². The summed E-state index contributed by atoms with van der Waals surface area (Å²) >= 11 is 0. The Balaban J connectivity index is 1.69. The Morgan fingerprint density at radius 2 is 1.81 bits per heavy atom. The van der Waals surface area contributed by atoms with E-state index in [0.29, 0.717) is 17.0 Å². The van der Waals surface area contributed by atoms with Gasteiger partial charge in [-0.25, -0.2) is 14.4 Å². The Morgan fingerprint density at radius 1 is 1.08 bits per heavy atom. The molecule has 2 aromatic heterocycles. The summed E-state index contributed by atoms with van der Waals surface area (Å²) in [5.74, 6) is 0.700. The van der Waals surface area contributed by atoms with Crippen LogP contribution in [0.2, 0.25) is 0 Å². The molecule has 1 aliphatic heterocycles. The van der Waals surface area contributed by atoms with E-state index < -0.39 is 23.1 Å². The van der Waals surface area contributed by atoms with Crippen molar-refractivity contribution in [1.29, 1.82) is 0 Å². The molecule has 186 valence electrons. The van der Waals surface area contributed by atoms with E-state index in [2.05, 4.69) is 26.1 Å². The number of benzene rings is 1. The second-order valence-electron chi connectivity index (χ2n) is 10.2. The lowest BCUT2D eigenvalue weighted by Crippen LogP contribution is -2.30. The molecule has 0 atom stereocenters. The van der Waals surface area contributed by atoms with Gasteiger partial charge in [0, 0.05) is 47.6 Å². The molecule has 36 heavy (non-hydrogen) atoms. The van der Waals surface area contributed by atoms with Gasteiger partial charge in [0.25, 0.3) is 5.91 Å². The molecule has 1 fully saturated rings. The van der Waals surface area contributed by atoms with Crippen LogP contribution in [0.1, 0.15) is 67.3 Å². The fourth-order valence-electron chi connectivity index (χ4n) is 4.37. The van der Waals surface area contributed by atoms with Gasteiger partial charge in [-0.15, -0.1) is 6.42 Å². The highest BCUT2D eigenvalue weighted by Gasteiger charge is 2.21. The first-order valence-corrected chi connectivity index (χ1v) is 12.1. The molecule has 1 amide bonds. The van der Waals surface area contributed by atoms with E-state index in [0.717, 1.165) is 48.8 Å². The second-order valence-corrected chi connectivity index (χ2v) is 10.2. The number of hydrogen-bond acceptors (Lipinski definition) is 4. The van der Waals surface area contributed by atoms with Crippen LogP contribution in [0.25, 0.3) is 11.1 Å². The van der Waals surface area contributed by atoms with Crippen molar-refractivity contribution in [3.8, 4) is 23.5 Å². The van der Waals surface area contributed by atoms with Gasteiger partial charge in [0.15, 0.2) is 0 Å². The highest BCUT2D eigenvalue weighted by Crippen LogP contribution is 2.33. The van der Waals surface area contributed by atoms with Crippen molar-refractivity contribution < 1.29 is 13.6 Å². The summed E-state index contributed by atoms with van der Waals surface area (Å²) in [7, 11) is 0. The number of hydrogen-bond donors (Lipinski definition) is 1. The maximum atomic E-state index is 14.9. The molecule has 0 unspecified atom stereocenters. The summed E-state index contributed by atoms with van der Waals surface area (Å²) < 4.78 is 29.0. The molecule has 3 aromatic rings. The van der Waals surface area contributed by atoms with Crippen molar-refractivity contribution in [1.82, 2.24) is 9.97 Å². The van der Waals surface area contributed by atoms with E-state index in [9.17, 15) is 13.6 Å². The number of amides is 1. The van der Waals surface area contributed by atoms with Crippen LogP contribution in [0.15, 0.2) is 36.5 Å². The number of halogens is 2. The maximum absolute atomic E-state index is 14.9. The predicted octanol–water partition coefficient (Wildman–Crippen LogP) is 6.25. The third kappa shape index (κ3) is 5.38. The van der Waals surface area contributed by atoms with Crippen molar-refractivity contribution in [3.63, 3.8) is 0 Å². The van der Waals surface area contributed by atoms with E-state index in [4.69, 9.17) is 6.42 Å². The van der Waals surface area contributed by atoms with Crippen molar-refractivity contribution in [2.24, 2.45) is 0 Å². The molecule has 3 heterocycles. The standard InChI is InChI=1S/C29H30F2N4O/c1-6-23-25(35-10-8-7-9-11-35)13-20(17-32-23)21-16-24(22(30)12-18(21)2)33-28(36)19-14-26(29(3,4)5)34-27(31)15-19/h1,12-17H,7-11H2,2-5H3,(H,33,36). The highest BCUT2D eigenvalue weighted by molar-refractivity contribution is 6.04. The fourth-order valence-corrected chi connectivity index (χ4v) is 4.37. The normalized spacial score (nSPS) is 13.9. The number of nitrogens with zero attached hydrogens (tertiary/aromatic N) is 3. The van der Waals surface area contributed by atoms with Gasteiger partial charge in [-0.05, 0) is 67.5 Å². The molecule has 0 spiro atoms. The van der Waals surface area contributed by atoms with Gasteiger partial charge in [0.05, 0.1) is 11.4 Å². The highest BCUT2D eigenvalue weighted by atomic mass is 19.1. The number of carbonyl (C=O) groups excluding carboxylic acids is 1. The third-order valence-corrected chi connectivity index (χ3v) is 6.40. The Bertz CT molecular complexity index is 1350. The lowest BCUT2D eigenvalue weighted by Gasteiger charge is -2.29. The minimum Gasteiger partial charge on any atom is -0.369 e. The van der Waals surface area contributed by atoms with Gasteiger partial charge in [-0.3, -0.25) is 4.79 Å². The van der Waals surface area contributed by atoms with Gasteiger partial charge in [0.1, 0.15) is 11.5 Å². The van der Waals surface area contributed by atoms with Crippen LogP contribution in [-0.4, -0.2) is 29.0 Å². The van der Waals surface area contributed by atoms with Crippen LogP contribution < -0.4 is 10.2 Å². The van der Waals surface area contributed by atoms with Gasteiger partial charge < -0.3 is 10.2 Å². The minimum absolute atomic E-state index is 0.00400. The molecular formula is C29H30F2N4O. The van der Waals surface area contributed by atoms with Crippen molar-refractivity contribution in [3.05, 3.63) is 70.8 Å². The lowest BCUT2D eigenvalue weighted by atomic mass is 9.90. The molecule has 0 radical (unpaired) electrons. The first-order chi connectivity index (χ1) is 17.1. The molecular weight excluding hydrogens is 458 g/mol. The van der Waals surface area contributed by atoms with E-state index in [1.165, 1.54) is 18.6 Å². The number of anilines is 2. The number of nitrogens with one attached hydrogen (secondary N) is 1. The number of aryl methyl sites for hydroxylation is 1. The van der Waals surface area contributed by atoms with E-state index in [1.807, 2.05) is 26.8 Å². The molecule has 0 saturated carbocycles. The molecule has 1 N–H and O–H groups in total. The van der Waals surface area contributed by atoms with Crippen LogP contribution in [0.4, 0.5) is 20.2 Å². The Morgan fingerprint density at radius 3 is 2.47 bits per heavy atom. The third-order valence-electron chi connectivity index (χ3n) is 6.40. The quantitative estimate of drug-likeness (QED) is 0.348. The fraction of sp³-hybridized carbons (Fsp3) is 0.345. The molecule has 1 saturated heterocycles. The Labute approximate surface area is 211 Å². The lowest BCUT2D eigenvalue weighted by molar-refractivity contribution is 0.102. The Hall–Kier alpha value is -3.79. The van der Waals surface area contributed by atoms with Crippen molar-refractivity contribution in [2.75, 3.05) is 23.3 Å². The number of piperidine rings is 1. The monoisotopic (exact) mass is 488 g/mol. The van der Waals surface area contributed by atoms with Gasteiger partial charge >= 0.3 is 0 Å². The van der Waals surface area contributed by atoms with E-state index in [1.54, 1.807) is 19.2 Å². The number of carbonyl (C=O) groups is 1. The number of rotatable bonds is 4. The van der Waals surface area contributed by atoms with Crippen molar-refractivity contribution in [2.45, 2.75) is 52.4 Å². The zero-order chi connectivity index (χ0) is 26.0. The van der Waals surface area contributed by atoms with Crippen LogP contribution in [-0.2, 0) is 5.41 Å². The topological polar surface area (TPSA) is 58.1 Å². The predicted molar refractivity (Wildman–Crippen MR) is 139 cm³/mol. The van der Waals surface area contributed by atoms with Crippen LogP contribution in [0.3, 0.4) is 0 Å². The second kappa shape index (κ2) is 10.1. The largest absolute Gasteiger partial charge is 0.369 e. The maximum Gasteiger partial charge on any atom is 0.255 e. The molecule has 7 heteroatoms. The molecule has 1 aliphatic rings. The molecule has 0 aliphatic carbocycles. The molecule has 4 rings (SSSR count). The van der Waals surface area contributed by atoms with Gasteiger partial charge in [0.2, 0.25) is 5.95 Å². The zero-order valence-corrected chi connectivity index (χ0v) is 21.1. The zero-order valence-electron chi connectivity index (χ0n) is 21.1. The van der Waals surface area contributed by atoms with Crippen molar-refractivity contribution >= 4 is 17.3 Å². The SMILES string of the molecule is C#Cc1ncc(-c2cc(NC(=O)c3cc(F)nc(C(C)(C)C)c3)c(F)cc2C)cc1N1CCCCC1. The molecule has 0 bridgehead atoms. The van der Waals surface area contributed by atoms with Crippen LogP contribution in [0, 0.1) is 31.0 Å². The number of terminal acetylenes is 1. The molecule has 5 nitrogen and oxygen atoms in total. The summed E-state index contributed by atoms with van der Waals surface area (Å²) in [6.45, 7) is 9.23. The van der Waals surface area contributed by atoms with Gasteiger partial charge in [-0.2, -0.15) is 4.39 Å². The molecule has 1 aromatic carbocycles. The summed E-state index contributed by atoms with van der Waals surface area (Å²) in [5.41, 5.74) is 3.68. The average Bonchev–Trinajstić information content (AvgIpc) is 2.85. The van der Waals surface area contributed by atoms with Crippen LogP contribution in [0.5, 0.6) is 0 Å². The summed E-state index contributed by atoms with van der Waals surface area (Å²) in [6.07, 6.45) is 10.7. The number of aromatic nitrogens is 2. The summed E-state index contributed by atoms with van der Waals surface area (Å²) in [6, 6.07) is 7.50. The average molecular weight is 489 g/mol. The summed E-state index contributed by atoms with van der Waals surface area (Å²) in [5, 5.41) is 2.60. The van der Waals surface area contributed by atoms with E-state index >= 15 is 0 Å². The Kier molecular flexibility index (Phi) is 7.07. The first kappa shape index (κ1) is 25.3. The van der Waals surface area contributed by atoms with Gasteiger partial charge in [-0.1, -0.05) is 20.8 Å². The summed E-state index contributed by atoms with van der Waals surface area (Å²) in [4.78, 5) is 23.6. The number of pyridine rings is 2. The van der Waals surface area contributed by atoms with Crippen LogP contribution >= 0.6 is 0 Å². The first-order valence-electron chi connectivity index (χ1n) is 12.1. The smallest absolute Gasteiger partial charge is 0.255 e. The minimum atomic E-state index is -0.762.